The molecule has 0 bridgehead atoms. The lowest BCUT2D eigenvalue weighted by atomic mass is 10.6. The van der Waals surface area contributed by atoms with Gasteiger partial charge in [0.15, 0.2) is 9.76 Å². The van der Waals surface area contributed by atoms with Crippen molar-refractivity contribution < 1.29 is 17.8 Å². The molecule has 82 valence electrons. The highest BCUT2D eigenvalue weighted by molar-refractivity contribution is 6.67. The summed E-state index contributed by atoms with van der Waals surface area (Å²) >= 11 is 0. The summed E-state index contributed by atoms with van der Waals surface area (Å²) in [6.45, 7) is 7.33. The van der Waals surface area contributed by atoms with E-state index in [0.29, 0.717) is 6.04 Å². The van der Waals surface area contributed by atoms with Gasteiger partial charge in [-0.05, 0) is 0 Å². The van der Waals surface area contributed by atoms with E-state index in [-0.39, 0.29) is 0 Å². The van der Waals surface area contributed by atoms with Crippen molar-refractivity contribution in [2.75, 3.05) is 7.11 Å². The summed E-state index contributed by atoms with van der Waals surface area (Å²) in [6, 6.07) is 0.671. The molecule has 0 fully saturated rings. The molecule has 0 spiro atoms. The van der Waals surface area contributed by atoms with E-state index in [2.05, 4.69) is 6.58 Å². The first-order valence-corrected chi connectivity index (χ1v) is 8.61. The van der Waals surface area contributed by atoms with E-state index in [1.54, 1.807) is 0 Å². The standard InChI is InChI=1S/C8H18O4Si2/c1-5-7-14(10-3,12-13-4)11-8(9)6-2/h6H,2,5,7,13H2,1,3-4H3. The van der Waals surface area contributed by atoms with E-state index >= 15 is 0 Å². The van der Waals surface area contributed by atoms with Crippen LogP contribution in [0.3, 0.4) is 0 Å². The second-order valence-corrected chi connectivity index (χ2v) is 6.91. The smallest absolute Gasteiger partial charge is 0.471 e. The Morgan fingerprint density at radius 1 is 1.64 bits per heavy atom. The van der Waals surface area contributed by atoms with Crippen LogP contribution in [0.15, 0.2) is 12.7 Å². The molecule has 0 aromatic heterocycles. The zero-order valence-electron chi connectivity index (χ0n) is 9.04. The van der Waals surface area contributed by atoms with Gasteiger partial charge < -0.3 is 13.0 Å². The molecule has 0 rings (SSSR count). The van der Waals surface area contributed by atoms with E-state index in [0.717, 1.165) is 12.5 Å². The summed E-state index contributed by atoms with van der Waals surface area (Å²) in [5, 5.41) is 0. The molecule has 6 heteroatoms. The van der Waals surface area contributed by atoms with Gasteiger partial charge in [0.05, 0.1) is 0 Å². The minimum Gasteiger partial charge on any atom is -0.471 e. The van der Waals surface area contributed by atoms with Crippen LogP contribution >= 0.6 is 0 Å². The minimum atomic E-state index is -2.71. The van der Waals surface area contributed by atoms with Gasteiger partial charge in [0.1, 0.15) is 0 Å². The third-order valence-corrected chi connectivity index (χ3v) is 6.81. The molecule has 0 saturated carbocycles. The molecule has 0 aliphatic heterocycles. The second-order valence-electron chi connectivity index (χ2n) is 2.70. The molecular weight excluding hydrogens is 216 g/mol. The lowest BCUT2D eigenvalue weighted by Crippen LogP contribution is -2.46. The molecule has 0 aliphatic carbocycles. The molecule has 0 N–H and O–H groups in total. The average Bonchev–Trinajstić information content (AvgIpc) is 2.18. The van der Waals surface area contributed by atoms with Crippen molar-refractivity contribution in [3.63, 3.8) is 0 Å². The summed E-state index contributed by atoms with van der Waals surface area (Å²) in [4.78, 5) is 11.1. The zero-order valence-corrected chi connectivity index (χ0v) is 11.5. The Bertz CT molecular complexity index is 190. The Balaban J connectivity index is 4.46. The molecule has 0 radical (unpaired) electrons. The Kier molecular flexibility index (Phi) is 6.72. The van der Waals surface area contributed by atoms with E-state index in [9.17, 15) is 4.79 Å². The van der Waals surface area contributed by atoms with Crippen LogP contribution in [0.4, 0.5) is 0 Å². The summed E-state index contributed by atoms with van der Waals surface area (Å²) in [6.07, 6.45) is 2.01. The summed E-state index contributed by atoms with van der Waals surface area (Å²) in [5.41, 5.74) is 0. The fraction of sp³-hybridized carbons (Fsp3) is 0.625. The van der Waals surface area contributed by atoms with Gasteiger partial charge in [-0.1, -0.05) is 26.5 Å². The predicted molar refractivity (Wildman–Crippen MR) is 59.6 cm³/mol. The van der Waals surface area contributed by atoms with Crippen molar-refractivity contribution in [3.8, 4) is 0 Å². The Labute approximate surface area is 88.6 Å². The molecule has 1 unspecified atom stereocenters. The molecule has 0 aliphatic rings. The average molecular weight is 234 g/mol. The molecule has 0 saturated heterocycles. The van der Waals surface area contributed by atoms with Crippen LogP contribution in [0.1, 0.15) is 13.3 Å². The van der Waals surface area contributed by atoms with Crippen LogP contribution in [0, 0.1) is 0 Å². The van der Waals surface area contributed by atoms with E-state index in [1.807, 2.05) is 13.5 Å². The van der Waals surface area contributed by atoms with Crippen LogP contribution in [0.5, 0.6) is 0 Å². The number of hydrogen-bond acceptors (Lipinski definition) is 4. The van der Waals surface area contributed by atoms with Crippen molar-refractivity contribution in [3.05, 3.63) is 12.7 Å². The van der Waals surface area contributed by atoms with Crippen molar-refractivity contribution in [2.24, 2.45) is 0 Å². The fourth-order valence-electron chi connectivity index (χ4n) is 1.08. The Morgan fingerprint density at radius 2 is 2.29 bits per heavy atom. The fourth-order valence-corrected chi connectivity index (χ4v) is 5.51. The Morgan fingerprint density at radius 3 is 2.64 bits per heavy atom. The number of carbonyl (C=O) groups excluding carboxylic acids is 1. The molecule has 0 aromatic rings. The van der Waals surface area contributed by atoms with E-state index in [4.69, 9.17) is 13.0 Å². The summed E-state index contributed by atoms with van der Waals surface area (Å²) in [5.74, 6) is -0.464. The molecule has 0 heterocycles. The van der Waals surface area contributed by atoms with Crippen molar-refractivity contribution in [1.82, 2.24) is 0 Å². The van der Waals surface area contributed by atoms with Gasteiger partial charge in [0.25, 0.3) is 0 Å². The van der Waals surface area contributed by atoms with Gasteiger partial charge in [-0.25, -0.2) is 4.79 Å². The van der Waals surface area contributed by atoms with Crippen LogP contribution in [-0.4, -0.2) is 31.6 Å². The molecular formula is C8H18O4Si2. The van der Waals surface area contributed by atoms with Crippen molar-refractivity contribution in [2.45, 2.75) is 25.9 Å². The van der Waals surface area contributed by atoms with Gasteiger partial charge in [-0.3, -0.25) is 0 Å². The van der Waals surface area contributed by atoms with Crippen LogP contribution in [0.25, 0.3) is 0 Å². The SMILES string of the molecule is C=CC(=O)O[Si](CCC)(OC)O[SiH2]C. The third kappa shape index (κ3) is 4.18. The van der Waals surface area contributed by atoms with Crippen LogP contribution in [-0.2, 0) is 17.8 Å². The maximum Gasteiger partial charge on any atom is 0.557 e. The lowest BCUT2D eigenvalue weighted by Gasteiger charge is -2.26. The van der Waals surface area contributed by atoms with Gasteiger partial charge in [-0.15, -0.1) is 0 Å². The highest BCUT2D eigenvalue weighted by atomic mass is 28.4. The maximum absolute atomic E-state index is 11.1. The lowest BCUT2D eigenvalue weighted by molar-refractivity contribution is -0.132. The van der Waals surface area contributed by atoms with Crippen molar-refractivity contribution >= 4 is 24.5 Å². The van der Waals surface area contributed by atoms with E-state index < -0.39 is 24.5 Å². The van der Waals surface area contributed by atoms with Gasteiger partial charge in [0.2, 0.25) is 0 Å². The largest absolute Gasteiger partial charge is 0.557 e. The van der Waals surface area contributed by atoms with Crippen molar-refractivity contribution in [1.29, 1.82) is 0 Å². The summed E-state index contributed by atoms with van der Waals surface area (Å²) < 4.78 is 16.0. The molecule has 14 heavy (non-hydrogen) atoms. The zero-order chi connectivity index (χ0) is 11.0. The van der Waals surface area contributed by atoms with Gasteiger partial charge in [-0.2, -0.15) is 0 Å². The number of rotatable bonds is 7. The third-order valence-electron chi connectivity index (χ3n) is 1.65. The molecule has 0 aromatic carbocycles. The van der Waals surface area contributed by atoms with Gasteiger partial charge >= 0.3 is 14.8 Å². The highest BCUT2D eigenvalue weighted by Gasteiger charge is 2.41. The van der Waals surface area contributed by atoms with Crippen LogP contribution < -0.4 is 0 Å². The van der Waals surface area contributed by atoms with Gasteiger partial charge in [0, 0.05) is 19.2 Å². The molecule has 0 amide bonds. The first kappa shape index (κ1) is 13.6. The normalized spacial score (nSPS) is 15.4. The number of carbonyl (C=O) groups is 1. The topological polar surface area (TPSA) is 44.8 Å². The van der Waals surface area contributed by atoms with Crippen LogP contribution in [0.2, 0.25) is 12.6 Å². The first-order chi connectivity index (χ1) is 6.64. The second kappa shape index (κ2) is 6.94. The van der Waals surface area contributed by atoms with E-state index in [1.165, 1.54) is 7.11 Å². The minimum absolute atomic E-state index is 0.464. The molecule has 1 atom stereocenters. The monoisotopic (exact) mass is 234 g/mol. The quantitative estimate of drug-likeness (QED) is 0.484. The first-order valence-electron chi connectivity index (χ1n) is 4.68. The highest BCUT2D eigenvalue weighted by Crippen LogP contribution is 2.16. The maximum atomic E-state index is 11.1. The number of hydrogen-bond donors (Lipinski definition) is 0. The molecule has 4 nitrogen and oxygen atoms in total. The summed E-state index contributed by atoms with van der Waals surface area (Å²) in [7, 11) is -1.83. The predicted octanol–water partition coefficient (Wildman–Crippen LogP) is 0.859. The Hall–Kier alpha value is -0.436.